The Bertz CT molecular complexity index is 830. The number of benzene rings is 2. The second kappa shape index (κ2) is 6.47. The summed E-state index contributed by atoms with van der Waals surface area (Å²) < 4.78 is 26.7. The molecule has 1 heterocycles. The van der Waals surface area contributed by atoms with E-state index in [1.165, 1.54) is 4.80 Å². The molecule has 6 nitrogen and oxygen atoms in total. The number of hydrogen-bond acceptors (Lipinski definition) is 5. The van der Waals surface area contributed by atoms with Crippen LogP contribution in [0.3, 0.4) is 0 Å². The fourth-order valence-electron chi connectivity index (χ4n) is 2.34. The van der Waals surface area contributed by atoms with Crippen LogP contribution in [0.1, 0.15) is 31.7 Å². The van der Waals surface area contributed by atoms with Gasteiger partial charge in [-0.25, -0.2) is 4.21 Å². The Labute approximate surface area is 136 Å². The highest BCUT2D eigenvalue weighted by molar-refractivity contribution is 7.74. The van der Waals surface area contributed by atoms with Gasteiger partial charge in [0.15, 0.2) is 5.75 Å². The van der Waals surface area contributed by atoms with Crippen molar-refractivity contribution in [1.82, 2.24) is 15.0 Å². The predicted octanol–water partition coefficient (Wildman–Crippen LogP) is 3.11. The maximum absolute atomic E-state index is 10.9. The lowest BCUT2D eigenvalue weighted by molar-refractivity contribution is 0.438. The summed E-state index contributed by atoms with van der Waals surface area (Å²) in [7, 11) is 0. The second-order valence-electron chi connectivity index (χ2n) is 5.30. The van der Waals surface area contributed by atoms with Crippen molar-refractivity contribution in [1.29, 1.82) is 0 Å². The van der Waals surface area contributed by atoms with Crippen molar-refractivity contribution >= 4 is 22.4 Å². The van der Waals surface area contributed by atoms with Gasteiger partial charge in [-0.1, -0.05) is 32.0 Å². The summed E-state index contributed by atoms with van der Waals surface area (Å²) in [6, 6.07) is 12.8. The normalized spacial score (nSPS) is 13.9. The summed E-state index contributed by atoms with van der Waals surface area (Å²) in [5, 5.41) is 8.80. The topological polar surface area (TPSA) is 80.1 Å². The van der Waals surface area contributed by atoms with E-state index in [9.17, 15) is 8.76 Å². The van der Waals surface area contributed by atoms with Crippen LogP contribution in [-0.4, -0.2) is 23.8 Å². The third-order valence-corrected chi connectivity index (χ3v) is 4.14. The van der Waals surface area contributed by atoms with Gasteiger partial charge in [-0.3, -0.25) is 0 Å². The molecule has 0 fully saturated rings. The largest absolute Gasteiger partial charge is 0.740 e. The van der Waals surface area contributed by atoms with Crippen LogP contribution >= 0.6 is 0 Å². The van der Waals surface area contributed by atoms with E-state index in [2.05, 4.69) is 24.0 Å². The first-order chi connectivity index (χ1) is 11.1. The molecule has 2 unspecified atom stereocenters. The van der Waals surface area contributed by atoms with Crippen molar-refractivity contribution in [2.24, 2.45) is 0 Å². The minimum atomic E-state index is -2.66. The van der Waals surface area contributed by atoms with Crippen LogP contribution < -0.4 is 4.18 Å². The molecule has 0 aliphatic rings. The molecule has 0 bridgehead atoms. The van der Waals surface area contributed by atoms with Crippen LogP contribution in [0.5, 0.6) is 5.75 Å². The number of rotatable bonds is 5. The minimum absolute atomic E-state index is 0.200. The van der Waals surface area contributed by atoms with E-state index >= 15 is 0 Å². The van der Waals surface area contributed by atoms with Crippen molar-refractivity contribution in [3.63, 3.8) is 0 Å². The van der Waals surface area contributed by atoms with Gasteiger partial charge >= 0.3 is 0 Å². The molecular formula is C16H16N3O3S-. The Morgan fingerprint density at radius 2 is 1.87 bits per heavy atom. The van der Waals surface area contributed by atoms with Crippen molar-refractivity contribution in [3.05, 3.63) is 48.0 Å². The molecule has 0 amide bonds. The summed E-state index contributed by atoms with van der Waals surface area (Å²) in [5.41, 5.74) is 3.04. The van der Waals surface area contributed by atoms with Gasteiger partial charge in [0.2, 0.25) is 0 Å². The standard InChI is InChI=1S/C16H17N3O3S/c1-3-11(2)12-8-9-16(22-23(20)21)15(10-12)19-17-13-6-4-5-7-14(13)18-19/h4-11H,3H2,1-2H3,(H,20,21)/p-1. The van der Waals surface area contributed by atoms with E-state index in [1.54, 1.807) is 6.07 Å². The van der Waals surface area contributed by atoms with Gasteiger partial charge in [-0.05, 0) is 42.2 Å². The molecule has 23 heavy (non-hydrogen) atoms. The second-order valence-corrected chi connectivity index (χ2v) is 5.88. The third kappa shape index (κ3) is 3.25. The fraction of sp³-hybridized carbons (Fsp3) is 0.250. The molecule has 1 aromatic heterocycles. The summed E-state index contributed by atoms with van der Waals surface area (Å²) in [6.45, 7) is 4.21. The number of fused-ring (bicyclic) bond motifs is 1. The fourth-order valence-corrected chi connectivity index (χ4v) is 2.63. The summed E-state index contributed by atoms with van der Waals surface area (Å²) in [5.74, 6) is 0.538. The first kappa shape index (κ1) is 15.6. The quantitative estimate of drug-likeness (QED) is 0.672. The van der Waals surface area contributed by atoms with Crippen LogP contribution in [0.25, 0.3) is 16.7 Å². The van der Waals surface area contributed by atoms with E-state index in [-0.39, 0.29) is 5.75 Å². The zero-order chi connectivity index (χ0) is 16.4. The molecule has 0 saturated carbocycles. The molecule has 2 atom stereocenters. The monoisotopic (exact) mass is 330 g/mol. The highest BCUT2D eigenvalue weighted by Crippen LogP contribution is 2.29. The van der Waals surface area contributed by atoms with Gasteiger partial charge in [-0.15, -0.1) is 15.0 Å². The molecule has 0 spiro atoms. The van der Waals surface area contributed by atoms with Crippen LogP contribution in [0, 0.1) is 0 Å². The van der Waals surface area contributed by atoms with E-state index in [0.29, 0.717) is 11.6 Å². The maximum atomic E-state index is 10.9. The molecule has 0 N–H and O–H groups in total. The predicted molar refractivity (Wildman–Crippen MR) is 87.1 cm³/mol. The Morgan fingerprint density at radius 1 is 1.22 bits per heavy atom. The molecular weight excluding hydrogens is 314 g/mol. The number of hydrogen-bond donors (Lipinski definition) is 0. The highest BCUT2D eigenvalue weighted by atomic mass is 32.2. The smallest absolute Gasteiger partial charge is 0.166 e. The van der Waals surface area contributed by atoms with Gasteiger partial charge in [0, 0.05) is 0 Å². The average molecular weight is 330 g/mol. The zero-order valence-corrected chi connectivity index (χ0v) is 13.6. The average Bonchev–Trinajstić information content (AvgIpc) is 2.97. The van der Waals surface area contributed by atoms with Gasteiger partial charge < -0.3 is 8.74 Å². The van der Waals surface area contributed by atoms with Crippen LogP contribution in [-0.2, 0) is 11.4 Å². The molecule has 120 valence electrons. The van der Waals surface area contributed by atoms with Gasteiger partial charge in [0.1, 0.15) is 28.1 Å². The Morgan fingerprint density at radius 3 is 2.43 bits per heavy atom. The lowest BCUT2D eigenvalue weighted by Gasteiger charge is -2.15. The molecule has 0 radical (unpaired) electrons. The van der Waals surface area contributed by atoms with E-state index < -0.39 is 11.4 Å². The first-order valence-corrected chi connectivity index (χ1v) is 8.32. The van der Waals surface area contributed by atoms with Crippen LogP contribution in [0.2, 0.25) is 0 Å². The molecule has 3 rings (SSSR count). The van der Waals surface area contributed by atoms with E-state index in [1.807, 2.05) is 36.4 Å². The minimum Gasteiger partial charge on any atom is -0.740 e. The zero-order valence-electron chi connectivity index (χ0n) is 12.8. The van der Waals surface area contributed by atoms with Crippen LogP contribution in [0.15, 0.2) is 42.5 Å². The molecule has 0 aliphatic carbocycles. The molecule has 0 aliphatic heterocycles. The Kier molecular flexibility index (Phi) is 4.40. The van der Waals surface area contributed by atoms with Crippen molar-refractivity contribution in [3.8, 4) is 11.4 Å². The number of nitrogens with zero attached hydrogens (tertiary/aromatic N) is 3. The SMILES string of the molecule is CCC(C)c1ccc(OS(=O)[O-])c(-n2nc3ccccc3n2)c1. The molecule has 7 heteroatoms. The highest BCUT2D eigenvalue weighted by Gasteiger charge is 2.14. The molecule has 2 aromatic carbocycles. The lowest BCUT2D eigenvalue weighted by atomic mass is 9.98. The Balaban J connectivity index is 2.14. The number of aromatic nitrogens is 3. The summed E-state index contributed by atoms with van der Waals surface area (Å²) in [4.78, 5) is 1.42. The van der Waals surface area contributed by atoms with Gasteiger partial charge in [0.05, 0.1) is 0 Å². The van der Waals surface area contributed by atoms with Crippen molar-refractivity contribution in [2.45, 2.75) is 26.2 Å². The van der Waals surface area contributed by atoms with Crippen molar-refractivity contribution < 1.29 is 12.9 Å². The molecule has 3 aromatic rings. The van der Waals surface area contributed by atoms with E-state index in [4.69, 9.17) is 4.18 Å². The lowest BCUT2D eigenvalue weighted by Crippen LogP contribution is -2.07. The van der Waals surface area contributed by atoms with Crippen LogP contribution in [0.4, 0.5) is 0 Å². The summed E-state index contributed by atoms with van der Waals surface area (Å²) >= 11 is -2.66. The van der Waals surface area contributed by atoms with Gasteiger partial charge in [0.25, 0.3) is 0 Å². The first-order valence-electron chi connectivity index (χ1n) is 7.32. The maximum Gasteiger partial charge on any atom is 0.166 e. The van der Waals surface area contributed by atoms with E-state index in [0.717, 1.165) is 23.0 Å². The summed E-state index contributed by atoms with van der Waals surface area (Å²) in [6.07, 6.45) is 0.974. The van der Waals surface area contributed by atoms with Gasteiger partial charge in [-0.2, -0.15) is 0 Å². The molecule has 0 saturated heterocycles. The van der Waals surface area contributed by atoms with Crippen molar-refractivity contribution in [2.75, 3.05) is 0 Å². The Hall–Kier alpha value is -2.25. The third-order valence-electron chi connectivity index (χ3n) is 3.82.